The second kappa shape index (κ2) is 9.24. The van der Waals surface area contributed by atoms with E-state index in [1.165, 1.54) is 18.7 Å². The summed E-state index contributed by atoms with van der Waals surface area (Å²) in [6.45, 7) is 5.10. The maximum atomic E-state index is 12.2. The molecule has 132 valence electrons. The summed E-state index contributed by atoms with van der Waals surface area (Å²) >= 11 is 5.92. The summed E-state index contributed by atoms with van der Waals surface area (Å²) in [5.74, 6) is -1.60. The van der Waals surface area contributed by atoms with Crippen LogP contribution in [0.15, 0.2) is 18.2 Å². The molecule has 7 nitrogen and oxygen atoms in total. The van der Waals surface area contributed by atoms with Crippen LogP contribution in [0.2, 0.25) is 5.02 Å². The van der Waals surface area contributed by atoms with E-state index >= 15 is 0 Å². The molecule has 0 aromatic heterocycles. The second-order valence-electron chi connectivity index (χ2n) is 5.48. The van der Waals surface area contributed by atoms with E-state index in [0.717, 1.165) is 5.56 Å². The smallest absolute Gasteiger partial charge is 0.320 e. The van der Waals surface area contributed by atoms with Crippen molar-refractivity contribution >= 4 is 35.1 Å². The maximum absolute atomic E-state index is 12.2. The monoisotopic (exact) mass is 355 g/mol. The molecule has 0 saturated heterocycles. The number of hydrogen-bond acceptors (Lipinski definition) is 4. The van der Waals surface area contributed by atoms with Gasteiger partial charge in [-0.3, -0.25) is 19.3 Å². The van der Waals surface area contributed by atoms with Crippen LogP contribution in [0.1, 0.15) is 19.4 Å². The van der Waals surface area contributed by atoms with Gasteiger partial charge in [0.15, 0.2) is 0 Å². The molecule has 3 N–H and O–H groups in total. The van der Waals surface area contributed by atoms with Crippen LogP contribution in [-0.2, 0) is 14.4 Å². The van der Waals surface area contributed by atoms with Crippen LogP contribution in [0.4, 0.5) is 5.69 Å². The summed E-state index contributed by atoms with van der Waals surface area (Å²) in [4.78, 5) is 35.8. The summed E-state index contributed by atoms with van der Waals surface area (Å²) in [5, 5.41) is 15.0. The topological polar surface area (TPSA) is 98.7 Å². The van der Waals surface area contributed by atoms with E-state index in [0.29, 0.717) is 10.7 Å². The molecule has 0 heterocycles. The zero-order chi connectivity index (χ0) is 18.3. The summed E-state index contributed by atoms with van der Waals surface area (Å²) < 4.78 is 0. The normalized spacial score (nSPS) is 11.9. The minimum absolute atomic E-state index is 0.112. The molecule has 0 radical (unpaired) electrons. The van der Waals surface area contributed by atoms with Crippen molar-refractivity contribution in [2.24, 2.45) is 0 Å². The number of carboxylic acid groups (broad SMARTS) is 1. The predicted molar refractivity (Wildman–Crippen MR) is 92.2 cm³/mol. The molecule has 1 aromatic carbocycles. The number of carboxylic acids is 1. The van der Waals surface area contributed by atoms with Gasteiger partial charge in [0.25, 0.3) is 0 Å². The lowest BCUT2D eigenvalue weighted by Crippen LogP contribution is -2.46. The quantitative estimate of drug-likeness (QED) is 0.656. The van der Waals surface area contributed by atoms with Gasteiger partial charge in [-0.15, -0.1) is 0 Å². The van der Waals surface area contributed by atoms with Crippen molar-refractivity contribution in [1.29, 1.82) is 0 Å². The molecule has 0 spiro atoms. The van der Waals surface area contributed by atoms with Crippen molar-refractivity contribution in [2.75, 3.05) is 25.0 Å². The molecule has 2 amide bonds. The standard InChI is InChI=1S/C16H22ClN3O4/c1-10-4-5-13(17)8-14(10)19-15(22)9-20(11(2)16(23)24)7-6-18-12(3)21/h4-5,8,11H,6-7,9H2,1-3H3,(H,18,21)(H,19,22)(H,23,24). The van der Waals surface area contributed by atoms with Crippen molar-refractivity contribution in [1.82, 2.24) is 10.2 Å². The zero-order valence-corrected chi connectivity index (χ0v) is 14.7. The highest BCUT2D eigenvalue weighted by Crippen LogP contribution is 2.20. The third kappa shape index (κ3) is 6.55. The molecule has 0 fully saturated rings. The average Bonchev–Trinajstić information content (AvgIpc) is 2.48. The SMILES string of the molecule is CC(=O)NCCN(CC(=O)Nc1cc(Cl)ccc1C)C(C)C(=O)O. The minimum Gasteiger partial charge on any atom is -0.480 e. The number of nitrogens with zero attached hydrogens (tertiary/aromatic N) is 1. The van der Waals surface area contributed by atoms with E-state index in [1.807, 2.05) is 6.92 Å². The number of carbonyl (C=O) groups excluding carboxylic acids is 2. The fourth-order valence-corrected chi connectivity index (χ4v) is 2.22. The molecule has 1 aromatic rings. The number of rotatable bonds is 8. The van der Waals surface area contributed by atoms with Crippen LogP contribution >= 0.6 is 11.6 Å². The Morgan fingerprint density at radius 1 is 1.33 bits per heavy atom. The van der Waals surface area contributed by atoms with Gasteiger partial charge >= 0.3 is 5.97 Å². The highest BCUT2D eigenvalue weighted by molar-refractivity contribution is 6.31. The van der Waals surface area contributed by atoms with Crippen LogP contribution in [0.25, 0.3) is 0 Å². The zero-order valence-electron chi connectivity index (χ0n) is 13.9. The van der Waals surface area contributed by atoms with E-state index in [2.05, 4.69) is 10.6 Å². The van der Waals surface area contributed by atoms with E-state index < -0.39 is 12.0 Å². The van der Waals surface area contributed by atoms with Crippen LogP contribution in [0.3, 0.4) is 0 Å². The van der Waals surface area contributed by atoms with E-state index in [-0.39, 0.29) is 31.4 Å². The molecule has 8 heteroatoms. The maximum Gasteiger partial charge on any atom is 0.320 e. The molecule has 0 aliphatic rings. The van der Waals surface area contributed by atoms with Crippen molar-refractivity contribution in [3.8, 4) is 0 Å². The summed E-state index contributed by atoms with van der Waals surface area (Å²) in [6, 6.07) is 4.28. The summed E-state index contributed by atoms with van der Waals surface area (Å²) in [5.41, 5.74) is 1.43. The molecule has 1 atom stereocenters. The van der Waals surface area contributed by atoms with Gasteiger partial charge in [-0.1, -0.05) is 17.7 Å². The molecule has 0 aliphatic heterocycles. The van der Waals surface area contributed by atoms with Crippen molar-refractivity contribution < 1.29 is 19.5 Å². The minimum atomic E-state index is -1.04. The molecular weight excluding hydrogens is 334 g/mol. The van der Waals surface area contributed by atoms with Crippen molar-refractivity contribution in [2.45, 2.75) is 26.8 Å². The largest absolute Gasteiger partial charge is 0.480 e. The number of nitrogens with one attached hydrogen (secondary N) is 2. The van der Waals surface area contributed by atoms with Crippen molar-refractivity contribution in [3.05, 3.63) is 28.8 Å². The number of carbonyl (C=O) groups is 3. The fourth-order valence-electron chi connectivity index (χ4n) is 2.04. The molecule has 0 saturated carbocycles. The van der Waals surface area contributed by atoms with E-state index in [9.17, 15) is 14.4 Å². The number of halogens is 1. The Labute approximate surface area is 146 Å². The van der Waals surface area contributed by atoms with Gasteiger partial charge in [0.2, 0.25) is 11.8 Å². The lowest BCUT2D eigenvalue weighted by atomic mass is 10.2. The second-order valence-corrected chi connectivity index (χ2v) is 5.91. The number of amides is 2. The number of anilines is 1. The third-order valence-corrected chi connectivity index (χ3v) is 3.73. The molecule has 1 unspecified atom stereocenters. The summed E-state index contributed by atoms with van der Waals surface area (Å²) in [6.07, 6.45) is 0. The lowest BCUT2D eigenvalue weighted by Gasteiger charge is -2.25. The van der Waals surface area contributed by atoms with Gasteiger partial charge in [-0.25, -0.2) is 0 Å². The third-order valence-electron chi connectivity index (χ3n) is 3.50. The average molecular weight is 356 g/mol. The van der Waals surface area contributed by atoms with Crippen LogP contribution < -0.4 is 10.6 Å². The van der Waals surface area contributed by atoms with Gasteiger partial charge in [-0.05, 0) is 31.5 Å². The van der Waals surface area contributed by atoms with Crippen molar-refractivity contribution in [3.63, 3.8) is 0 Å². The van der Waals surface area contributed by atoms with Crippen LogP contribution in [0, 0.1) is 6.92 Å². The Morgan fingerprint density at radius 2 is 2.00 bits per heavy atom. The Hall–Kier alpha value is -2.12. The highest BCUT2D eigenvalue weighted by atomic mass is 35.5. The Balaban J connectivity index is 2.73. The van der Waals surface area contributed by atoms with Gasteiger partial charge in [0.1, 0.15) is 6.04 Å². The molecule has 24 heavy (non-hydrogen) atoms. The highest BCUT2D eigenvalue weighted by Gasteiger charge is 2.23. The first-order chi connectivity index (χ1) is 11.2. The molecule has 0 aliphatic carbocycles. The van der Waals surface area contributed by atoms with E-state index in [4.69, 9.17) is 16.7 Å². The number of aliphatic carboxylic acids is 1. The van der Waals surface area contributed by atoms with Gasteiger partial charge in [0, 0.05) is 30.7 Å². The summed E-state index contributed by atoms with van der Waals surface area (Å²) in [7, 11) is 0. The lowest BCUT2D eigenvalue weighted by molar-refractivity contribution is -0.142. The Kier molecular flexibility index (Phi) is 7.67. The Morgan fingerprint density at radius 3 is 2.58 bits per heavy atom. The molecule has 0 bridgehead atoms. The fraction of sp³-hybridized carbons (Fsp3) is 0.438. The molecular formula is C16H22ClN3O4. The Bertz CT molecular complexity index is 621. The first-order valence-corrected chi connectivity index (χ1v) is 7.85. The van der Waals surface area contributed by atoms with Gasteiger partial charge in [0.05, 0.1) is 6.54 Å². The van der Waals surface area contributed by atoms with Gasteiger partial charge in [-0.2, -0.15) is 0 Å². The first-order valence-electron chi connectivity index (χ1n) is 7.48. The molecule has 1 rings (SSSR count). The number of benzene rings is 1. The van der Waals surface area contributed by atoms with E-state index in [1.54, 1.807) is 18.2 Å². The van der Waals surface area contributed by atoms with Crippen LogP contribution in [-0.4, -0.2) is 53.5 Å². The first kappa shape index (κ1) is 19.9. The van der Waals surface area contributed by atoms with Crippen LogP contribution in [0.5, 0.6) is 0 Å². The number of aryl methyl sites for hydroxylation is 1. The predicted octanol–water partition coefficient (Wildman–Crippen LogP) is 1.50. The number of hydrogen-bond donors (Lipinski definition) is 3. The van der Waals surface area contributed by atoms with Gasteiger partial charge < -0.3 is 15.7 Å².